The number of nitrogens with two attached hydrogens (primary N) is 1. The predicted molar refractivity (Wildman–Crippen MR) is 66.2 cm³/mol. The number of halogens is 1. The molecule has 8 nitrogen and oxygen atoms in total. The Balaban J connectivity index is 2.30. The van der Waals surface area contributed by atoms with Crippen LogP contribution in [0.15, 0.2) is 11.1 Å². The highest BCUT2D eigenvalue weighted by Crippen LogP contribution is 2.35. The van der Waals surface area contributed by atoms with E-state index in [1.807, 2.05) is 0 Å². The molecule has 3 rings (SSSR count). The first-order chi connectivity index (χ1) is 9.49. The van der Waals surface area contributed by atoms with E-state index in [2.05, 4.69) is 20.9 Å². The Morgan fingerprint density at radius 3 is 3.10 bits per heavy atom. The molecular weight excluding hydrogens is 269 g/mol. The number of nitrogens with zero attached hydrogens (tertiary/aromatic N) is 3. The van der Waals surface area contributed by atoms with Crippen LogP contribution in [-0.2, 0) is 10.5 Å². The molecule has 0 aromatic carbocycles. The van der Waals surface area contributed by atoms with Gasteiger partial charge in [0, 0.05) is 0 Å². The number of ether oxygens (including phenoxy) is 1. The third-order valence-electron chi connectivity index (χ3n) is 3.18. The lowest BCUT2D eigenvalue weighted by molar-refractivity contribution is -0.0439. The normalized spacial score (nSPS) is 29.6. The van der Waals surface area contributed by atoms with E-state index in [0.717, 1.165) is 10.9 Å². The van der Waals surface area contributed by atoms with Crippen LogP contribution in [0.5, 0.6) is 0 Å². The van der Waals surface area contributed by atoms with E-state index in [1.165, 1.54) is 0 Å². The Kier molecular flexibility index (Phi) is 2.53. The van der Waals surface area contributed by atoms with Gasteiger partial charge in [-0.25, -0.2) is 9.37 Å². The quantitative estimate of drug-likeness (QED) is 0.559. The molecule has 0 radical (unpaired) electrons. The summed E-state index contributed by atoms with van der Waals surface area (Å²) in [6.45, 7) is -0.274. The number of nitrogen functional groups attached to an aromatic ring is 1. The standard InChI is InChI=1S/C11H10FN5O3/c1-2-11(7(12)5(18)3-20-11)17-4-14-6-8(17)15-10(13)16-9(6)19/h1,4-5,7,18H,3H2,(H3,13,15,16,19)/t5-,7-,11-/m1/s1. The molecule has 20 heavy (non-hydrogen) atoms. The minimum absolute atomic E-state index is 0.0130. The van der Waals surface area contributed by atoms with Gasteiger partial charge < -0.3 is 15.6 Å². The number of aromatic amines is 1. The van der Waals surface area contributed by atoms with Crippen molar-refractivity contribution in [1.29, 1.82) is 0 Å². The Morgan fingerprint density at radius 1 is 1.75 bits per heavy atom. The fraction of sp³-hybridized carbons (Fsp3) is 0.364. The Morgan fingerprint density at radius 2 is 2.50 bits per heavy atom. The van der Waals surface area contributed by atoms with Crippen molar-refractivity contribution in [1.82, 2.24) is 19.5 Å². The van der Waals surface area contributed by atoms with Crippen molar-refractivity contribution in [2.75, 3.05) is 12.3 Å². The van der Waals surface area contributed by atoms with Crippen molar-refractivity contribution in [2.45, 2.75) is 18.0 Å². The summed E-state index contributed by atoms with van der Waals surface area (Å²) in [5, 5.41) is 9.50. The number of rotatable bonds is 1. The van der Waals surface area contributed by atoms with Crippen LogP contribution in [0.3, 0.4) is 0 Å². The molecule has 1 aliphatic rings. The Labute approximate surface area is 111 Å². The van der Waals surface area contributed by atoms with Crippen molar-refractivity contribution in [2.24, 2.45) is 0 Å². The van der Waals surface area contributed by atoms with Crippen molar-refractivity contribution < 1.29 is 14.2 Å². The zero-order chi connectivity index (χ0) is 14.5. The summed E-state index contributed by atoms with van der Waals surface area (Å²) in [4.78, 5) is 21.7. The predicted octanol–water partition coefficient (Wildman–Crippen LogP) is -1.28. The van der Waals surface area contributed by atoms with Crippen molar-refractivity contribution in [3.63, 3.8) is 0 Å². The zero-order valence-electron chi connectivity index (χ0n) is 10.1. The molecule has 4 N–H and O–H groups in total. The molecule has 1 fully saturated rings. The van der Waals surface area contributed by atoms with Crippen LogP contribution in [0.4, 0.5) is 10.3 Å². The van der Waals surface area contributed by atoms with Gasteiger partial charge in [-0.3, -0.25) is 14.3 Å². The van der Waals surface area contributed by atoms with Gasteiger partial charge in [0.25, 0.3) is 5.56 Å². The summed E-state index contributed by atoms with van der Waals surface area (Å²) in [5.41, 5.74) is 2.91. The highest BCUT2D eigenvalue weighted by atomic mass is 19.1. The molecule has 0 saturated carbocycles. The summed E-state index contributed by atoms with van der Waals surface area (Å²) in [5.74, 6) is 2.00. The summed E-state index contributed by atoms with van der Waals surface area (Å²) < 4.78 is 20.5. The van der Waals surface area contributed by atoms with Gasteiger partial charge in [0.15, 0.2) is 17.3 Å². The molecule has 0 bridgehead atoms. The number of hydrogen-bond acceptors (Lipinski definition) is 6. The lowest BCUT2D eigenvalue weighted by Gasteiger charge is -2.26. The number of terminal acetylenes is 1. The van der Waals surface area contributed by atoms with Crippen LogP contribution >= 0.6 is 0 Å². The molecule has 2 aromatic rings. The van der Waals surface area contributed by atoms with E-state index in [4.69, 9.17) is 16.9 Å². The maximum atomic E-state index is 14.2. The minimum Gasteiger partial charge on any atom is -0.387 e. The lowest BCUT2D eigenvalue weighted by Crippen LogP contribution is -2.41. The number of aromatic nitrogens is 4. The number of alkyl halides is 1. The average Bonchev–Trinajstić information content (AvgIpc) is 2.94. The van der Waals surface area contributed by atoms with Gasteiger partial charge in [0.2, 0.25) is 11.7 Å². The third-order valence-corrected chi connectivity index (χ3v) is 3.18. The average molecular weight is 279 g/mol. The molecule has 104 valence electrons. The number of H-pyrrole nitrogens is 1. The molecule has 0 aliphatic carbocycles. The second-order valence-electron chi connectivity index (χ2n) is 4.36. The summed E-state index contributed by atoms with van der Waals surface area (Å²) in [6.07, 6.45) is 3.24. The van der Waals surface area contributed by atoms with Crippen LogP contribution < -0.4 is 11.3 Å². The van der Waals surface area contributed by atoms with E-state index < -0.39 is 23.6 Å². The van der Waals surface area contributed by atoms with Crippen LogP contribution in [0, 0.1) is 12.3 Å². The number of aliphatic hydroxyl groups is 1. The molecular formula is C11H10FN5O3. The molecule has 3 atom stereocenters. The van der Waals surface area contributed by atoms with Gasteiger partial charge in [-0.15, -0.1) is 6.42 Å². The molecule has 0 unspecified atom stereocenters. The smallest absolute Gasteiger partial charge is 0.280 e. The third kappa shape index (κ3) is 1.46. The van der Waals surface area contributed by atoms with Crippen LogP contribution in [0.2, 0.25) is 0 Å². The lowest BCUT2D eigenvalue weighted by atomic mass is 10.1. The molecule has 1 aliphatic heterocycles. The van der Waals surface area contributed by atoms with E-state index in [0.29, 0.717) is 0 Å². The molecule has 2 aromatic heterocycles. The monoisotopic (exact) mass is 279 g/mol. The Bertz CT molecular complexity index is 778. The molecule has 0 amide bonds. The van der Waals surface area contributed by atoms with Gasteiger partial charge in [-0.1, -0.05) is 0 Å². The van der Waals surface area contributed by atoms with Gasteiger partial charge in [0.05, 0.1) is 6.61 Å². The number of anilines is 1. The Hall–Kier alpha value is -2.44. The van der Waals surface area contributed by atoms with E-state index in [-0.39, 0.29) is 23.7 Å². The number of fused-ring (bicyclic) bond motifs is 1. The van der Waals surface area contributed by atoms with Gasteiger partial charge in [-0.05, 0) is 5.92 Å². The van der Waals surface area contributed by atoms with Crippen LogP contribution in [0.25, 0.3) is 11.2 Å². The van der Waals surface area contributed by atoms with Crippen molar-refractivity contribution in [3.8, 4) is 12.3 Å². The maximum Gasteiger partial charge on any atom is 0.280 e. The SMILES string of the molecule is C#C[C@@]1(n2cnc3c(=O)[nH]c(N)nc32)OC[C@@H](O)[C@H]1F. The van der Waals surface area contributed by atoms with Crippen molar-refractivity contribution in [3.05, 3.63) is 16.7 Å². The second-order valence-corrected chi connectivity index (χ2v) is 4.36. The van der Waals surface area contributed by atoms with Gasteiger partial charge in [0.1, 0.15) is 12.4 Å². The first-order valence-corrected chi connectivity index (χ1v) is 5.67. The second kappa shape index (κ2) is 4.03. The fourth-order valence-electron chi connectivity index (χ4n) is 2.20. The van der Waals surface area contributed by atoms with Crippen LogP contribution in [0.1, 0.15) is 0 Å². The number of aliphatic hydroxyl groups excluding tert-OH is 1. The zero-order valence-corrected chi connectivity index (χ0v) is 10.1. The van der Waals surface area contributed by atoms with Crippen LogP contribution in [-0.4, -0.2) is 43.5 Å². The number of nitrogens with one attached hydrogen (secondary N) is 1. The van der Waals surface area contributed by atoms with E-state index in [1.54, 1.807) is 0 Å². The largest absolute Gasteiger partial charge is 0.387 e. The summed E-state index contributed by atoms with van der Waals surface area (Å²) in [7, 11) is 0. The van der Waals surface area contributed by atoms with Gasteiger partial charge >= 0.3 is 0 Å². The van der Waals surface area contributed by atoms with E-state index in [9.17, 15) is 14.3 Å². The number of imidazole rings is 1. The summed E-state index contributed by atoms with van der Waals surface area (Å²) >= 11 is 0. The minimum atomic E-state index is -1.90. The first kappa shape index (κ1) is 12.6. The van der Waals surface area contributed by atoms with Gasteiger partial charge in [-0.2, -0.15) is 4.98 Å². The number of hydrogen-bond donors (Lipinski definition) is 3. The molecule has 3 heterocycles. The molecule has 9 heteroatoms. The summed E-state index contributed by atoms with van der Waals surface area (Å²) in [6, 6.07) is 0. The highest BCUT2D eigenvalue weighted by molar-refractivity contribution is 5.71. The molecule has 1 saturated heterocycles. The van der Waals surface area contributed by atoms with E-state index >= 15 is 0 Å². The maximum absolute atomic E-state index is 14.2. The molecule has 0 spiro atoms. The highest BCUT2D eigenvalue weighted by Gasteiger charge is 2.52. The first-order valence-electron chi connectivity index (χ1n) is 5.67. The van der Waals surface area contributed by atoms with Crippen molar-refractivity contribution >= 4 is 17.1 Å². The fourth-order valence-corrected chi connectivity index (χ4v) is 2.20. The topological polar surface area (TPSA) is 119 Å².